The van der Waals surface area contributed by atoms with Crippen LogP contribution in [-0.4, -0.2) is 5.91 Å². The summed E-state index contributed by atoms with van der Waals surface area (Å²) >= 11 is 0. The van der Waals surface area contributed by atoms with Gasteiger partial charge in [0.05, 0.1) is 6.42 Å². The van der Waals surface area contributed by atoms with E-state index in [1.165, 1.54) is 17.6 Å². The molecule has 2 atom stereocenters. The largest absolute Gasteiger partial charge is 0.326 e. The molecule has 2 aliphatic carbocycles. The number of allylic oxidation sites excluding steroid dienone is 2. The average molecular weight is 189 g/mol. The van der Waals surface area contributed by atoms with Crippen LogP contribution in [0.2, 0.25) is 0 Å². The number of amides is 1. The van der Waals surface area contributed by atoms with Gasteiger partial charge in [-0.15, -0.1) is 0 Å². The molecular formula is C12H15NO. The Bertz CT molecular complexity index is 376. The first-order valence-corrected chi connectivity index (χ1v) is 5.41. The molecule has 3 aliphatic rings. The molecule has 0 radical (unpaired) electrons. The number of fused-ring (bicyclic) bond motifs is 2. The standard InChI is InChI=1S/C12H15NO/c1-6(2)7-4-11-10(5-12(14)13-11)9-3-8(7)9/h4,6,8-9H,3,5H2,1-2H3,(H,13,14). The van der Waals surface area contributed by atoms with E-state index in [0.717, 1.165) is 11.6 Å². The predicted octanol–water partition coefficient (Wildman–Crippen LogP) is 1.99. The van der Waals surface area contributed by atoms with Crippen molar-refractivity contribution in [3.05, 3.63) is 22.9 Å². The molecule has 1 aliphatic heterocycles. The number of carbonyl (C=O) groups is 1. The zero-order valence-corrected chi connectivity index (χ0v) is 8.63. The van der Waals surface area contributed by atoms with Crippen LogP contribution >= 0.6 is 0 Å². The van der Waals surface area contributed by atoms with Gasteiger partial charge in [-0.3, -0.25) is 4.79 Å². The molecule has 2 heteroatoms. The second kappa shape index (κ2) is 2.50. The van der Waals surface area contributed by atoms with Gasteiger partial charge in [-0.05, 0) is 35.8 Å². The van der Waals surface area contributed by atoms with E-state index in [-0.39, 0.29) is 5.91 Å². The minimum atomic E-state index is 0.182. The number of hydrogen-bond donors (Lipinski definition) is 1. The van der Waals surface area contributed by atoms with Gasteiger partial charge in [-0.2, -0.15) is 0 Å². The number of carbonyl (C=O) groups excluding carboxylic acids is 1. The second-order valence-electron chi connectivity index (χ2n) is 4.91. The second-order valence-corrected chi connectivity index (χ2v) is 4.91. The number of hydrogen-bond acceptors (Lipinski definition) is 1. The maximum absolute atomic E-state index is 11.3. The molecule has 2 nitrogen and oxygen atoms in total. The fourth-order valence-corrected chi connectivity index (χ4v) is 2.82. The Hall–Kier alpha value is -1.05. The molecule has 0 spiro atoms. The first kappa shape index (κ1) is 8.27. The molecule has 1 amide bonds. The molecule has 14 heavy (non-hydrogen) atoms. The zero-order valence-electron chi connectivity index (χ0n) is 8.63. The molecule has 0 bridgehead atoms. The van der Waals surface area contributed by atoms with Gasteiger partial charge < -0.3 is 5.32 Å². The van der Waals surface area contributed by atoms with Crippen molar-refractivity contribution in [2.75, 3.05) is 0 Å². The van der Waals surface area contributed by atoms with Crippen LogP contribution in [0.1, 0.15) is 26.7 Å². The molecule has 1 N–H and O–H groups in total. The van der Waals surface area contributed by atoms with Crippen molar-refractivity contribution in [1.82, 2.24) is 5.32 Å². The highest BCUT2D eigenvalue weighted by atomic mass is 16.1. The molecule has 1 heterocycles. The van der Waals surface area contributed by atoms with Gasteiger partial charge in [0, 0.05) is 5.70 Å². The topological polar surface area (TPSA) is 29.1 Å². The highest BCUT2D eigenvalue weighted by Gasteiger charge is 2.48. The van der Waals surface area contributed by atoms with Crippen LogP contribution in [0.25, 0.3) is 0 Å². The van der Waals surface area contributed by atoms with Crippen LogP contribution in [0.5, 0.6) is 0 Å². The zero-order chi connectivity index (χ0) is 9.87. The third-order valence-electron chi connectivity index (χ3n) is 3.61. The molecule has 1 fully saturated rings. The van der Waals surface area contributed by atoms with Gasteiger partial charge in [0.15, 0.2) is 0 Å². The van der Waals surface area contributed by atoms with Crippen molar-refractivity contribution < 1.29 is 4.79 Å². The molecule has 0 aromatic rings. The van der Waals surface area contributed by atoms with E-state index in [0.29, 0.717) is 18.3 Å². The van der Waals surface area contributed by atoms with Crippen molar-refractivity contribution in [3.8, 4) is 0 Å². The molecule has 0 saturated heterocycles. The summed E-state index contributed by atoms with van der Waals surface area (Å²) in [5.74, 6) is 2.27. The lowest BCUT2D eigenvalue weighted by atomic mass is 9.90. The first-order valence-electron chi connectivity index (χ1n) is 5.41. The Kier molecular flexibility index (Phi) is 1.48. The summed E-state index contributed by atoms with van der Waals surface area (Å²) in [6.07, 6.45) is 4.15. The van der Waals surface area contributed by atoms with E-state index >= 15 is 0 Å². The quantitative estimate of drug-likeness (QED) is 0.671. The van der Waals surface area contributed by atoms with E-state index in [1.807, 2.05) is 0 Å². The Morgan fingerprint density at radius 1 is 1.43 bits per heavy atom. The summed E-state index contributed by atoms with van der Waals surface area (Å²) in [5, 5.41) is 2.96. The monoisotopic (exact) mass is 189 g/mol. The lowest BCUT2D eigenvalue weighted by Crippen LogP contribution is -2.15. The van der Waals surface area contributed by atoms with Gasteiger partial charge in [0.1, 0.15) is 0 Å². The third kappa shape index (κ3) is 0.999. The fourth-order valence-electron chi connectivity index (χ4n) is 2.82. The maximum atomic E-state index is 11.3. The highest BCUT2D eigenvalue weighted by Crippen LogP contribution is 2.56. The molecule has 0 aromatic heterocycles. The van der Waals surface area contributed by atoms with E-state index < -0.39 is 0 Å². The Morgan fingerprint density at radius 2 is 2.21 bits per heavy atom. The molecule has 74 valence electrons. The molecule has 0 aromatic carbocycles. The fraction of sp³-hybridized carbons (Fsp3) is 0.583. The van der Waals surface area contributed by atoms with Crippen molar-refractivity contribution in [2.45, 2.75) is 26.7 Å². The molecule has 3 rings (SSSR count). The molecule has 1 saturated carbocycles. The van der Waals surface area contributed by atoms with Crippen LogP contribution < -0.4 is 5.32 Å². The van der Waals surface area contributed by atoms with Crippen LogP contribution in [0.4, 0.5) is 0 Å². The Labute approximate surface area is 84.1 Å². The smallest absolute Gasteiger partial charge is 0.228 e. The SMILES string of the molecule is CC(C)C1=CC2=C(CC(=O)N2)C2CC12. The van der Waals surface area contributed by atoms with Gasteiger partial charge in [0.25, 0.3) is 0 Å². The first-order chi connectivity index (χ1) is 6.66. The summed E-state index contributed by atoms with van der Waals surface area (Å²) in [6.45, 7) is 4.48. The lowest BCUT2D eigenvalue weighted by Gasteiger charge is -2.16. The van der Waals surface area contributed by atoms with Crippen LogP contribution in [0.15, 0.2) is 22.9 Å². The van der Waals surface area contributed by atoms with Gasteiger partial charge in [-0.1, -0.05) is 19.4 Å². The van der Waals surface area contributed by atoms with E-state index in [4.69, 9.17) is 0 Å². The highest BCUT2D eigenvalue weighted by molar-refractivity contribution is 5.86. The van der Waals surface area contributed by atoms with Crippen molar-refractivity contribution in [3.63, 3.8) is 0 Å². The number of nitrogens with one attached hydrogen (secondary N) is 1. The summed E-state index contributed by atoms with van der Waals surface area (Å²) in [4.78, 5) is 11.3. The molecule has 2 unspecified atom stereocenters. The summed E-state index contributed by atoms with van der Waals surface area (Å²) in [5.41, 5.74) is 4.04. The van der Waals surface area contributed by atoms with E-state index in [1.54, 1.807) is 0 Å². The normalized spacial score (nSPS) is 33.9. The average Bonchev–Trinajstić information content (AvgIpc) is 2.81. The summed E-state index contributed by atoms with van der Waals surface area (Å²) in [7, 11) is 0. The van der Waals surface area contributed by atoms with E-state index in [9.17, 15) is 4.79 Å². The Balaban J connectivity index is 1.99. The Morgan fingerprint density at radius 3 is 2.93 bits per heavy atom. The third-order valence-corrected chi connectivity index (χ3v) is 3.61. The number of rotatable bonds is 1. The van der Waals surface area contributed by atoms with Crippen molar-refractivity contribution in [2.24, 2.45) is 17.8 Å². The maximum Gasteiger partial charge on any atom is 0.228 e. The molecular weight excluding hydrogens is 174 g/mol. The van der Waals surface area contributed by atoms with E-state index in [2.05, 4.69) is 25.2 Å². The summed E-state index contributed by atoms with van der Waals surface area (Å²) in [6, 6.07) is 0. The predicted molar refractivity (Wildman–Crippen MR) is 54.3 cm³/mol. The minimum absolute atomic E-state index is 0.182. The van der Waals surface area contributed by atoms with Crippen molar-refractivity contribution in [1.29, 1.82) is 0 Å². The van der Waals surface area contributed by atoms with Gasteiger partial charge in [0.2, 0.25) is 5.91 Å². The van der Waals surface area contributed by atoms with Crippen molar-refractivity contribution >= 4 is 5.91 Å². The minimum Gasteiger partial charge on any atom is -0.326 e. The summed E-state index contributed by atoms with van der Waals surface area (Å²) < 4.78 is 0. The van der Waals surface area contributed by atoms with Gasteiger partial charge in [-0.25, -0.2) is 0 Å². The lowest BCUT2D eigenvalue weighted by molar-refractivity contribution is -0.118. The van der Waals surface area contributed by atoms with Crippen LogP contribution in [-0.2, 0) is 4.79 Å². The van der Waals surface area contributed by atoms with Crippen LogP contribution in [0, 0.1) is 17.8 Å². The van der Waals surface area contributed by atoms with Gasteiger partial charge >= 0.3 is 0 Å². The van der Waals surface area contributed by atoms with Crippen LogP contribution in [0.3, 0.4) is 0 Å².